The first-order chi connectivity index (χ1) is 16.2. The molecule has 1 amide bonds. The molecular formula is C26H30N2O5. The first-order valence-corrected chi connectivity index (χ1v) is 12.1. The molecule has 5 aliphatic heterocycles. The lowest BCUT2D eigenvalue weighted by Gasteiger charge is -2.44. The van der Waals surface area contributed by atoms with Crippen molar-refractivity contribution in [1.29, 1.82) is 0 Å². The number of hydrogen-bond acceptors (Lipinski definition) is 6. The van der Waals surface area contributed by atoms with Crippen molar-refractivity contribution in [2.24, 2.45) is 5.92 Å². The second-order valence-corrected chi connectivity index (χ2v) is 9.38. The fraction of sp³-hybridized carbons (Fsp3) is 0.500. The van der Waals surface area contributed by atoms with Gasteiger partial charge in [-0.2, -0.15) is 0 Å². The number of carbonyl (C=O) groups is 1. The Morgan fingerprint density at radius 3 is 2.39 bits per heavy atom. The smallest absolute Gasteiger partial charge is 0.407 e. The lowest BCUT2D eigenvalue weighted by atomic mass is 9.86. The number of piperidine rings is 3. The van der Waals surface area contributed by atoms with Crippen molar-refractivity contribution in [3.05, 3.63) is 42.0 Å². The van der Waals surface area contributed by atoms with Gasteiger partial charge in [-0.15, -0.1) is 0 Å². The molecule has 0 aliphatic carbocycles. The molecular weight excluding hydrogens is 420 g/mol. The third-order valence-corrected chi connectivity index (χ3v) is 7.28. The fourth-order valence-corrected chi connectivity index (χ4v) is 5.42. The van der Waals surface area contributed by atoms with Crippen LogP contribution in [0.3, 0.4) is 0 Å². The van der Waals surface area contributed by atoms with Gasteiger partial charge in [-0.1, -0.05) is 18.2 Å². The summed E-state index contributed by atoms with van der Waals surface area (Å²) in [4.78, 5) is 15.1. The lowest BCUT2D eigenvalue weighted by molar-refractivity contribution is -0.0342. The van der Waals surface area contributed by atoms with Gasteiger partial charge in [-0.05, 0) is 61.2 Å². The molecule has 1 N–H and O–H groups in total. The predicted molar refractivity (Wildman–Crippen MR) is 123 cm³/mol. The van der Waals surface area contributed by atoms with Crippen LogP contribution in [-0.4, -0.2) is 56.6 Å². The van der Waals surface area contributed by atoms with Crippen molar-refractivity contribution in [2.45, 2.75) is 37.8 Å². The van der Waals surface area contributed by atoms with E-state index >= 15 is 0 Å². The summed E-state index contributed by atoms with van der Waals surface area (Å²) in [5.74, 6) is 2.87. The van der Waals surface area contributed by atoms with E-state index < -0.39 is 0 Å². The topological polar surface area (TPSA) is 69.3 Å². The summed E-state index contributed by atoms with van der Waals surface area (Å²) in [6.45, 7) is 5.02. The van der Waals surface area contributed by atoms with E-state index in [1.165, 1.54) is 0 Å². The molecule has 7 nitrogen and oxygen atoms in total. The van der Waals surface area contributed by atoms with Gasteiger partial charge in [0.05, 0.1) is 25.9 Å². The Kier molecular flexibility index (Phi) is 5.50. The molecule has 0 aromatic heterocycles. The van der Waals surface area contributed by atoms with Crippen molar-refractivity contribution in [1.82, 2.24) is 10.2 Å². The number of amides is 1. The van der Waals surface area contributed by atoms with Crippen molar-refractivity contribution >= 4 is 6.09 Å². The van der Waals surface area contributed by atoms with Crippen molar-refractivity contribution in [2.75, 3.05) is 39.5 Å². The molecule has 2 bridgehead atoms. The maximum atomic E-state index is 12.7. The van der Waals surface area contributed by atoms with E-state index in [0.717, 1.165) is 79.3 Å². The number of benzene rings is 2. The molecule has 2 aromatic rings. The summed E-state index contributed by atoms with van der Waals surface area (Å²) < 4.78 is 23.4. The Morgan fingerprint density at radius 2 is 1.61 bits per heavy atom. The number of nitrogens with zero attached hydrogens (tertiary/aromatic N) is 1. The molecule has 33 heavy (non-hydrogen) atoms. The van der Waals surface area contributed by atoms with E-state index in [4.69, 9.17) is 18.9 Å². The van der Waals surface area contributed by atoms with Gasteiger partial charge >= 0.3 is 6.09 Å². The van der Waals surface area contributed by atoms with Gasteiger partial charge in [0.1, 0.15) is 11.9 Å². The maximum absolute atomic E-state index is 12.7. The van der Waals surface area contributed by atoms with Gasteiger partial charge in [-0.25, -0.2) is 4.79 Å². The van der Waals surface area contributed by atoms with Gasteiger partial charge in [0, 0.05) is 24.9 Å². The van der Waals surface area contributed by atoms with Crippen LogP contribution >= 0.6 is 0 Å². The van der Waals surface area contributed by atoms with Gasteiger partial charge in [-0.3, -0.25) is 4.90 Å². The molecule has 0 saturated carbocycles. The van der Waals surface area contributed by atoms with Crippen LogP contribution in [0.1, 0.15) is 37.3 Å². The number of fused-ring (bicyclic) bond motifs is 5. The monoisotopic (exact) mass is 450 g/mol. The summed E-state index contributed by atoms with van der Waals surface area (Å²) >= 11 is 0. The second kappa shape index (κ2) is 8.78. The number of rotatable bonds is 3. The summed E-state index contributed by atoms with van der Waals surface area (Å²) in [6.07, 6.45) is 3.55. The Bertz CT molecular complexity index is 1030. The number of nitrogens with one attached hydrogen (secondary N) is 1. The molecule has 2 aromatic carbocycles. The van der Waals surface area contributed by atoms with Crippen LogP contribution in [0.15, 0.2) is 36.4 Å². The average molecular weight is 451 g/mol. The van der Waals surface area contributed by atoms with Crippen LogP contribution in [0.25, 0.3) is 11.1 Å². The minimum absolute atomic E-state index is 0.00796. The quantitative estimate of drug-likeness (QED) is 0.757. The molecule has 3 saturated heterocycles. The minimum atomic E-state index is -0.321. The normalized spacial score (nSPS) is 27.6. The molecule has 5 heterocycles. The zero-order chi connectivity index (χ0) is 22.2. The Morgan fingerprint density at radius 1 is 0.879 bits per heavy atom. The molecule has 2 atom stereocenters. The molecule has 0 spiro atoms. The predicted octanol–water partition coefficient (Wildman–Crippen LogP) is 4.16. The Hall–Kier alpha value is -2.93. The molecule has 0 radical (unpaired) electrons. The second-order valence-electron chi connectivity index (χ2n) is 9.38. The van der Waals surface area contributed by atoms with Gasteiger partial charge in [0.15, 0.2) is 11.5 Å². The van der Waals surface area contributed by atoms with E-state index in [9.17, 15) is 4.79 Å². The zero-order valence-electron chi connectivity index (χ0n) is 18.8. The van der Waals surface area contributed by atoms with E-state index in [1.807, 2.05) is 30.3 Å². The van der Waals surface area contributed by atoms with E-state index in [1.54, 1.807) is 0 Å². The molecule has 174 valence electrons. The van der Waals surface area contributed by atoms with Crippen LogP contribution < -0.4 is 19.5 Å². The maximum Gasteiger partial charge on any atom is 0.407 e. The Labute approximate surface area is 193 Å². The largest absolute Gasteiger partial charge is 0.493 e. The average Bonchev–Trinajstić information content (AvgIpc) is 3.09. The highest BCUT2D eigenvalue weighted by Gasteiger charge is 2.37. The van der Waals surface area contributed by atoms with Crippen LogP contribution in [0, 0.1) is 5.92 Å². The number of hydrogen-bond donors (Lipinski definition) is 1. The first-order valence-electron chi connectivity index (χ1n) is 12.1. The van der Waals surface area contributed by atoms with Crippen molar-refractivity contribution in [3.63, 3.8) is 0 Å². The molecule has 3 fully saturated rings. The molecule has 7 heteroatoms. The van der Waals surface area contributed by atoms with Gasteiger partial charge in [0.25, 0.3) is 0 Å². The van der Waals surface area contributed by atoms with E-state index in [0.29, 0.717) is 25.7 Å². The third-order valence-electron chi connectivity index (χ3n) is 7.28. The highest BCUT2D eigenvalue weighted by Crippen LogP contribution is 2.39. The molecule has 5 aliphatic rings. The lowest BCUT2D eigenvalue weighted by Crippen LogP contribution is -2.52. The van der Waals surface area contributed by atoms with E-state index in [2.05, 4.69) is 16.3 Å². The fourth-order valence-electron chi connectivity index (χ4n) is 5.42. The minimum Gasteiger partial charge on any atom is -0.493 e. The van der Waals surface area contributed by atoms with Crippen LogP contribution in [0.2, 0.25) is 0 Å². The number of ether oxygens (including phenoxy) is 4. The van der Waals surface area contributed by atoms with Crippen molar-refractivity contribution in [3.8, 4) is 28.4 Å². The SMILES string of the molecule is O=C(NC1CCOc2cc(-c3ccc4c(c3)OCCCO4)ccc21)O[C@H]1CN2CCC1CC2. The Balaban J connectivity index is 1.16. The standard InChI is InChI=1S/C26H30N2O5/c29-26(33-25-16-28-9-6-17(25)7-10-28)27-21-8-13-32-23-14-18(2-4-20(21)23)19-3-5-22-24(15-19)31-12-1-11-30-22/h2-5,14-15,17,21,25H,1,6-13,16H2,(H,27,29)/t21?,25-/m0/s1. The first kappa shape index (κ1) is 20.7. The summed E-state index contributed by atoms with van der Waals surface area (Å²) in [6, 6.07) is 12.1. The third kappa shape index (κ3) is 4.22. The molecule has 7 rings (SSSR count). The van der Waals surface area contributed by atoms with Crippen LogP contribution in [0.4, 0.5) is 4.79 Å². The van der Waals surface area contributed by atoms with E-state index in [-0.39, 0.29) is 18.2 Å². The van der Waals surface area contributed by atoms with Gasteiger partial charge in [0.2, 0.25) is 0 Å². The summed E-state index contributed by atoms with van der Waals surface area (Å²) in [5, 5.41) is 3.09. The van der Waals surface area contributed by atoms with Crippen LogP contribution in [0.5, 0.6) is 17.2 Å². The highest BCUT2D eigenvalue weighted by atomic mass is 16.6. The number of carbonyl (C=O) groups excluding carboxylic acids is 1. The molecule has 1 unspecified atom stereocenters. The zero-order valence-corrected chi connectivity index (χ0v) is 18.8. The highest BCUT2D eigenvalue weighted by molar-refractivity contribution is 5.71. The van der Waals surface area contributed by atoms with Gasteiger partial charge < -0.3 is 24.3 Å². The van der Waals surface area contributed by atoms with Crippen LogP contribution in [-0.2, 0) is 4.74 Å². The number of alkyl carbamates (subject to hydrolysis) is 1. The summed E-state index contributed by atoms with van der Waals surface area (Å²) in [5.41, 5.74) is 3.08. The summed E-state index contributed by atoms with van der Waals surface area (Å²) in [7, 11) is 0. The van der Waals surface area contributed by atoms with Crippen molar-refractivity contribution < 1.29 is 23.7 Å².